The first-order valence-electron chi connectivity index (χ1n) is 7.39. The normalized spacial score (nSPS) is 15.6. The molecule has 1 aliphatic rings. The number of anilines is 1. The average Bonchev–Trinajstić information content (AvgIpc) is 2.97. The predicted octanol–water partition coefficient (Wildman–Crippen LogP) is 3.96. The predicted molar refractivity (Wildman–Crippen MR) is 81.0 cm³/mol. The topological polar surface area (TPSA) is 67.0 Å². The number of nitrogens with one attached hydrogen (secondary N) is 2. The largest absolute Gasteiger partial charge is 0.446 e. The number of benzene rings is 1. The Hall–Kier alpha value is -2.30. The number of imidazole rings is 1. The van der Waals surface area contributed by atoms with Crippen LogP contribution in [-0.2, 0) is 4.74 Å². The summed E-state index contributed by atoms with van der Waals surface area (Å²) in [4.78, 5) is 19.1. The number of hydrogen-bond acceptors (Lipinski definition) is 3. The molecule has 1 aliphatic carbocycles. The lowest BCUT2D eigenvalue weighted by Crippen LogP contribution is -2.24. The lowest BCUT2D eigenvalue weighted by Gasteiger charge is -2.21. The molecule has 110 valence electrons. The Morgan fingerprint density at radius 1 is 1.19 bits per heavy atom. The van der Waals surface area contributed by atoms with Gasteiger partial charge in [-0.05, 0) is 31.2 Å². The summed E-state index contributed by atoms with van der Waals surface area (Å²) in [5.74, 6) is 0.412. The lowest BCUT2D eigenvalue weighted by atomic mass is 9.98. The monoisotopic (exact) mass is 285 g/mol. The number of carbonyl (C=O) groups is 1. The van der Waals surface area contributed by atoms with E-state index in [-0.39, 0.29) is 6.10 Å². The van der Waals surface area contributed by atoms with Gasteiger partial charge in [-0.3, -0.25) is 5.32 Å². The van der Waals surface area contributed by atoms with E-state index < -0.39 is 6.09 Å². The molecule has 0 atom stereocenters. The molecule has 2 aromatic rings. The van der Waals surface area contributed by atoms with Crippen molar-refractivity contribution in [2.45, 2.75) is 38.2 Å². The number of ether oxygens (including phenoxy) is 1. The van der Waals surface area contributed by atoms with Crippen LogP contribution in [0.4, 0.5) is 10.7 Å². The van der Waals surface area contributed by atoms with Crippen molar-refractivity contribution in [1.82, 2.24) is 9.97 Å². The molecule has 0 aliphatic heterocycles. The van der Waals surface area contributed by atoms with Crippen LogP contribution in [0.1, 0.15) is 32.1 Å². The molecule has 0 bridgehead atoms. The second kappa shape index (κ2) is 6.43. The SMILES string of the molecule is O=C(Nc1ncc(-c2ccccc2)[nH]1)OC1CCCCC1. The molecule has 2 N–H and O–H groups in total. The van der Waals surface area contributed by atoms with E-state index in [2.05, 4.69) is 15.3 Å². The molecule has 5 nitrogen and oxygen atoms in total. The van der Waals surface area contributed by atoms with E-state index in [1.54, 1.807) is 6.20 Å². The van der Waals surface area contributed by atoms with Crippen molar-refractivity contribution < 1.29 is 9.53 Å². The number of aromatic amines is 1. The molecular formula is C16H19N3O2. The third-order valence-corrected chi connectivity index (χ3v) is 3.71. The van der Waals surface area contributed by atoms with Gasteiger partial charge in [-0.1, -0.05) is 36.8 Å². The minimum atomic E-state index is -0.434. The minimum absolute atomic E-state index is 0.0438. The fourth-order valence-electron chi connectivity index (χ4n) is 2.61. The smallest absolute Gasteiger partial charge is 0.414 e. The molecule has 1 heterocycles. The maximum Gasteiger partial charge on any atom is 0.414 e. The van der Waals surface area contributed by atoms with Gasteiger partial charge in [0.05, 0.1) is 11.9 Å². The van der Waals surface area contributed by atoms with Crippen molar-refractivity contribution in [1.29, 1.82) is 0 Å². The summed E-state index contributed by atoms with van der Waals surface area (Å²) in [5, 5.41) is 2.65. The van der Waals surface area contributed by atoms with Crippen LogP contribution in [0.5, 0.6) is 0 Å². The van der Waals surface area contributed by atoms with Crippen molar-refractivity contribution in [2.75, 3.05) is 5.32 Å². The average molecular weight is 285 g/mol. The van der Waals surface area contributed by atoms with E-state index in [1.807, 2.05) is 30.3 Å². The highest BCUT2D eigenvalue weighted by molar-refractivity contribution is 5.83. The molecule has 0 saturated heterocycles. The quantitative estimate of drug-likeness (QED) is 0.897. The van der Waals surface area contributed by atoms with Crippen molar-refractivity contribution >= 4 is 12.0 Å². The second-order valence-electron chi connectivity index (χ2n) is 5.30. The summed E-state index contributed by atoms with van der Waals surface area (Å²) in [6.07, 6.45) is 6.74. The first kappa shape index (κ1) is 13.7. The minimum Gasteiger partial charge on any atom is -0.446 e. The van der Waals surface area contributed by atoms with Crippen LogP contribution < -0.4 is 5.32 Å². The van der Waals surface area contributed by atoms with Gasteiger partial charge >= 0.3 is 6.09 Å². The Morgan fingerprint density at radius 2 is 1.95 bits per heavy atom. The highest BCUT2D eigenvalue weighted by Gasteiger charge is 2.18. The first-order valence-corrected chi connectivity index (χ1v) is 7.39. The van der Waals surface area contributed by atoms with E-state index in [4.69, 9.17) is 4.74 Å². The fraction of sp³-hybridized carbons (Fsp3) is 0.375. The van der Waals surface area contributed by atoms with Crippen LogP contribution in [0.25, 0.3) is 11.3 Å². The maximum atomic E-state index is 11.8. The standard InChI is InChI=1S/C16H19N3O2/c20-16(21-13-9-5-2-6-10-13)19-15-17-11-14(18-15)12-7-3-1-4-8-12/h1,3-4,7-8,11,13H,2,5-6,9-10H2,(H2,17,18,19,20). The third kappa shape index (κ3) is 3.62. The van der Waals surface area contributed by atoms with Gasteiger partial charge in [0.15, 0.2) is 0 Å². The number of nitrogens with zero attached hydrogens (tertiary/aromatic N) is 1. The molecule has 0 spiro atoms. The number of H-pyrrole nitrogens is 1. The van der Waals surface area contributed by atoms with Crippen LogP contribution in [0.3, 0.4) is 0 Å². The summed E-state index contributed by atoms with van der Waals surface area (Å²) in [5.41, 5.74) is 1.89. The van der Waals surface area contributed by atoms with Crippen molar-refractivity contribution in [2.24, 2.45) is 0 Å². The number of rotatable bonds is 3. The molecular weight excluding hydrogens is 266 g/mol. The molecule has 1 saturated carbocycles. The van der Waals surface area contributed by atoms with Crippen LogP contribution >= 0.6 is 0 Å². The van der Waals surface area contributed by atoms with Crippen molar-refractivity contribution in [3.63, 3.8) is 0 Å². The van der Waals surface area contributed by atoms with Gasteiger partial charge in [0, 0.05) is 0 Å². The molecule has 3 rings (SSSR count). The van der Waals surface area contributed by atoms with Crippen molar-refractivity contribution in [3.05, 3.63) is 36.5 Å². The number of hydrogen-bond donors (Lipinski definition) is 2. The molecule has 21 heavy (non-hydrogen) atoms. The Morgan fingerprint density at radius 3 is 2.71 bits per heavy atom. The van der Waals surface area contributed by atoms with Gasteiger partial charge in [0.1, 0.15) is 6.10 Å². The molecule has 1 aromatic carbocycles. The molecule has 5 heteroatoms. The fourth-order valence-corrected chi connectivity index (χ4v) is 2.61. The van der Waals surface area contributed by atoms with Crippen LogP contribution in [-0.4, -0.2) is 22.2 Å². The highest BCUT2D eigenvalue weighted by Crippen LogP contribution is 2.21. The van der Waals surface area contributed by atoms with Crippen LogP contribution in [0, 0.1) is 0 Å². The zero-order valence-corrected chi connectivity index (χ0v) is 11.8. The Balaban J connectivity index is 1.58. The van der Waals surface area contributed by atoms with Crippen molar-refractivity contribution in [3.8, 4) is 11.3 Å². The molecule has 1 amide bonds. The van der Waals surface area contributed by atoms with Gasteiger partial charge in [-0.25, -0.2) is 9.78 Å². The Labute approximate surface area is 123 Å². The van der Waals surface area contributed by atoms with E-state index in [0.717, 1.165) is 36.9 Å². The number of aromatic nitrogens is 2. The number of carbonyl (C=O) groups excluding carboxylic acids is 1. The summed E-state index contributed by atoms with van der Waals surface area (Å²) in [6.45, 7) is 0. The summed E-state index contributed by atoms with van der Waals surface area (Å²) in [7, 11) is 0. The van der Waals surface area contributed by atoms with Gasteiger partial charge in [0.2, 0.25) is 5.95 Å². The van der Waals surface area contributed by atoms with Crippen LogP contribution in [0.15, 0.2) is 36.5 Å². The molecule has 1 aromatic heterocycles. The van der Waals surface area contributed by atoms with E-state index in [0.29, 0.717) is 5.95 Å². The van der Waals surface area contributed by atoms with E-state index >= 15 is 0 Å². The summed E-state index contributed by atoms with van der Waals surface area (Å²) < 4.78 is 5.40. The second-order valence-corrected chi connectivity index (χ2v) is 5.30. The van der Waals surface area contributed by atoms with Gasteiger partial charge in [-0.15, -0.1) is 0 Å². The van der Waals surface area contributed by atoms with Gasteiger partial charge in [0.25, 0.3) is 0 Å². The number of amides is 1. The van der Waals surface area contributed by atoms with E-state index in [1.165, 1.54) is 6.42 Å². The maximum absolute atomic E-state index is 11.8. The van der Waals surface area contributed by atoms with Gasteiger partial charge in [-0.2, -0.15) is 0 Å². The van der Waals surface area contributed by atoms with Crippen LogP contribution in [0.2, 0.25) is 0 Å². The molecule has 1 fully saturated rings. The first-order chi connectivity index (χ1) is 10.3. The third-order valence-electron chi connectivity index (χ3n) is 3.71. The van der Waals surface area contributed by atoms with E-state index in [9.17, 15) is 4.79 Å². The summed E-state index contributed by atoms with van der Waals surface area (Å²) >= 11 is 0. The molecule has 0 unspecified atom stereocenters. The van der Waals surface area contributed by atoms with Gasteiger partial charge < -0.3 is 9.72 Å². The Kier molecular flexibility index (Phi) is 4.19. The zero-order valence-electron chi connectivity index (χ0n) is 11.8. The lowest BCUT2D eigenvalue weighted by molar-refractivity contribution is 0.0864. The zero-order chi connectivity index (χ0) is 14.5. The highest BCUT2D eigenvalue weighted by atomic mass is 16.6. The Bertz CT molecular complexity index is 589. The summed E-state index contributed by atoms with van der Waals surface area (Å²) in [6, 6.07) is 9.84. The molecule has 0 radical (unpaired) electrons.